The van der Waals surface area contributed by atoms with Crippen molar-refractivity contribution in [2.24, 2.45) is 11.3 Å². The van der Waals surface area contributed by atoms with E-state index in [1.807, 2.05) is 0 Å². The minimum atomic E-state index is -0.0746. The van der Waals surface area contributed by atoms with Gasteiger partial charge in [-0.15, -0.1) is 0 Å². The molecule has 0 atom stereocenters. The summed E-state index contributed by atoms with van der Waals surface area (Å²) in [6.45, 7) is 5.01. The van der Waals surface area contributed by atoms with Crippen LogP contribution in [0.3, 0.4) is 0 Å². The summed E-state index contributed by atoms with van der Waals surface area (Å²) < 4.78 is 0. The second-order valence-electron chi connectivity index (χ2n) is 5.37. The van der Waals surface area contributed by atoms with Crippen LogP contribution in [-0.4, -0.2) is 25.5 Å². The van der Waals surface area contributed by atoms with Crippen LogP contribution in [0.25, 0.3) is 0 Å². The topological polar surface area (TPSA) is 41.1 Å². The summed E-state index contributed by atoms with van der Waals surface area (Å²) >= 11 is 0. The van der Waals surface area contributed by atoms with E-state index in [2.05, 4.69) is 17.6 Å². The molecule has 1 saturated heterocycles. The molecule has 16 heavy (non-hydrogen) atoms. The first kappa shape index (κ1) is 11.9. The maximum Gasteiger partial charge on any atom is 0.226 e. The van der Waals surface area contributed by atoms with Gasteiger partial charge in [0.2, 0.25) is 5.91 Å². The standard InChI is InChI=1S/C13H24N2O/c1-2-13(6-9-14-10-7-13)12(16)15-8-5-11-3-4-11/h11,14H,2-10H2,1H3,(H,15,16). The highest BCUT2D eigenvalue weighted by molar-refractivity contribution is 5.82. The van der Waals surface area contributed by atoms with Gasteiger partial charge in [-0.2, -0.15) is 0 Å². The average molecular weight is 224 g/mol. The lowest BCUT2D eigenvalue weighted by Gasteiger charge is -2.35. The van der Waals surface area contributed by atoms with E-state index in [9.17, 15) is 4.79 Å². The molecule has 1 amide bonds. The second-order valence-corrected chi connectivity index (χ2v) is 5.37. The molecule has 1 saturated carbocycles. The van der Waals surface area contributed by atoms with Gasteiger partial charge in [-0.25, -0.2) is 0 Å². The fourth-order valence-electron chi connectivity index (χ4n) is 2.63. The largest absolute Gasteiger partial charge is 0.356 e. The highest BCUT2D eigenvalue weighted by Crippen LogP contribution is 2.34. The fourth-order valence-corrected chi connectivity index (χ4v) is 2.63. The lowest BCUT2D eigenvalue weighted by molar-refractivity contribution is -0.132. The Labute approximate surface area is 98.4 Å². The van der Waals surface area contributed by atoms with Crippen LogP contribution in [0.5, 0.6) is 0 Å². The molecule has 0 aromatic heterocycles. The predicted octanol–water partition coefficient (Wildman–Crippen LogP) is 1.68. The maximum atomic E-state index is 12.2. The number of carbonyl (C=O) groups is 1. The van der Waals surface area contributed by atoms with Crippen molar-refractivity contribution < 1.29 is 4.79 Å². The van der Waals surface area contributed by atoms with Crippen LogP contribution < -0.4 is 10.6 Å². The number of rotatable bonds is 5. The van der Waals surface area contributed by atoms with Crippen LogP contribution in [0.2, 0.25) is 0 Å². The molecule has 1 heterocycles. The molecule has 1 aliphatic carbocycles. The lowest BCUT2D eigenvalue weighted by atomic mass is 9.76. The minimum Gasteiger partial charge on any atom is -0.356 e. The molecule has 0 unspecified atom stereocenters. The van der Waals surface area contributed by atoms with Gasteiger partial charge in [0.1, 0.15) is 0 Å². The number of hydrogen-bond acceptors (Lipinski definition) is 2. The summed E-state index contributed by atoms with van der Waals surface area (Å²) in [6.07, 6.45) is 6.91. The van der Waals surface area contributed by atoms with Gasteiger partial charge in [-0.1, -0.05) is 19.8 Å². The summed E-state index contributed by atoms with van der Waals surface area (Å²) in [4.78, 5) is 12.2. The Morgan fingerprint density at radius 3 is 2.62 bits per heavy atom. The van der Waals surface area contributed by atoms with E-state index in [1.54, 1.807) is 0 Å². The third kappa shape index (κ3) is 2.76. The first-order chi connectivity index (χ1) is 7.77. The Morgan fingerprint density at radius 1 is 1.38 bits per heavy atom. The van der Waals surface area contributed by atoms with E-state index in [-0.39, 0.29) is 5.41 Å². The lowest BCUT2D eigenvalue weighted by Crippen LogP contribution is -2.47. The van der Waals surface area contributed by atoms with Crippen molar-refractivity contribution in [1.29, 1.82) is 0 Å². The Hall–Kier alpha value is -0.570. The average Bonchev–Trinajstić information content (AvgIpc) is 3.14. The first-order valence-corrected chi connectivity index (χ1v) is 6.76. The van der Waals surface area contributed by atoms with Crippen LogP contribution in [0, 0.1) is 11.3 Å². The van der Waals surface area contributed by atoms with Gasteiger partial charge >= 0.3 is 0 Å². The molecule has 0 spiro atoms. The SMILES string of the molecule is CCC1(C(=O)NCCC2CC2)CCNCC1. The summed E-state index contributed by atoms with van der Waals surface area (Å²) in [5, 5.41) is 6.48. The van der Waals surface area contributed by atoms with E-state index < -0.39 is 0 Å². The van der Waals surface area contributed by atoms with Gasteiger partial charge in [0, 0.05) is 6.54 Å². The Bertz CT molecular complexity index is 242. The molecule has 2 N–H and O–H groups in total. The highest BCUT2D eigenvalue weighted by atomic mass is 16.2. The van der Waals surface area contributed by atoms with Gasteiger partial charge in [-0.3, -0.25) is 4.79 Å². The van der Waals surface area contributed by atoms with Gasteiger partial charge in [0.05, 0.1) is 5.41 Å². The van der Waals surface area contributed by atoms with E-state index >= 15 is 0 Å². The second kappa shape index (κ2) is 5.17. The molecule has 2 rings (SSSR count). The molecular formula is C13H24N2O. The fraction of sp³-hybridized carbons (Fsp3) is 0.923. The van der Waals surface area contributed by atoms with Crippen LogP contribution in [0.1, 0.15) is 45.4 Å². The van der Waals surface area contributed by atoms with Crippen molar-refractivity contribution in [1.82, 2.24) is 10.6 Å². The van der Waals surface area contributed by atoms with Crippen molar-refractivity contribution >= 4 is 5.91 Å². The number of carbonyl (C=O) groups excluding carboxylic acids is 1. The van der Waals surface area contributed by atoms with Crippen LogP contribution in [-0.2, 0) is 4.79 Å². The normalized spacial score (nSPS) is 24.1. The molecule has 0 bridgehead atoms. The molecule has 0 aromatic carbocycles. The summed E-state index contributed by atoms with van der Waals surface area (Å²) in [5.41, 5.74) is -0.0746. The Balaban J connectivity index is 1.79. The van der Waals surface area contributed by atoms with E-state index in [4.69, 9.17) is 0 Å². The highest BCUT2D eigenvalue weighted by Gasteiger charge is 2.37. The van der Waals surface area contributed by atoms with Crippen LogP contribution in [0.4, 0.5) is 0 Å². The molecule has 3 nitrogen and oxygen atoms in total. The van der Waals surface area contributed by atoms with Gasteiger partial charge in [0.25, 0.3) is 0 Å². The molecule has 2 fully saturated rings. The quantitative estimate of drug-likeness (QED) is 0.746. The molecule has 1 aliphatic heterocycles. The number of piperidine rings is 1. The van der Waals surface area contributed by atoms with Crippen molar-refractivity contribution in [2.45, 2.75) is 45.4 Å². The smallest absolute Gasteiger partial charge is 0.226 e. The van der Waals surface area contributed by atoms with Crippen LogP contribution >= 0.6 is 0 Å². The van der Waals surface area contributed by atoms with Crippen LogP contribution in [0.15, 0.2) is 0 Å². The number of amides is 1. The summed E-state index contributed by atoms with van der Waals surface area (Å²) in [6, 6.07) is 0. The van der Waals surface area contributed by atoms with Crippen molar-refractivity contribution in [2.75, 3.05) is 19.6 Å². The molecule has 0 radical (unpaired) electrons. The van der Waals surface area contributed by atoms with Crippen molar-refractivity contribution in [3.05, 3.63) is 0 Å². The van der Waals surface area contributed by atoms with E-state index in [0.717, 1.165) is 44.8 Å². The monoisotopic (exact) mass is 224 g/mol. The molecule has 92 valence electrons. The third-order valence-corrected chi connectivity index (χ3v) is 4.25. The van der Waals surface area contributed by atoms with E-state index in [1.165, 1.54) is 19.3 Å². The summed E-state index contributed by atoms with van der Waals surface area (Å²) in [7, 11) is 0. The Kier molecular flexibility index (Phi) is 3.85. The van der Waals surface area contributed by atoms with Gasteiger partial charge in [0.15, 0.2) is 0 Å². The zero-order chi connectivity index (χ0) is 11.4. The molecular weight excluding hydrogens is 200 g/mol. The first-order valence-electron chi connectivity index (χ1n) is 6.76. The van der Waals surface area contributed by atoms with E-state index in [0.29, 0.717) is 5.91 Å². The number of hydrogen-bond donors (Lipinski definition) is 2. The van der Waals surface area contributed by atoms with Crippen molar-refractivity contribution in [3.63, 3.8) is 0 Å². The zero-order valence-electron chi connectivity index (χ0n) is 10.3. The van der Waals surface area contributed by atoms with Gasteiger partial charge in [-0.05, 0) is 44.7 Å². The maximum absolute atomic E-state index is 12.2. The molecule has 0 aromatic rings. The summed E-state index contributed by atoms with van der Waals surface area (Å²) in [5.74, 6) is 1.21. The molecule has 2 aliphatic rings. The zero-order valence-corrected chi connectivity index (χ0v) is 10.3. The number of nitrogens with one attached hydrogen (secondary N) is 2. The minimum absolute atomic E-state index is 0.0746. The third-order valence-electron chi connectivity index (χ3n) is 4.25. The molecule has 3 heteroatoms. The Morgan fingerprint density at radius 2 is 2.06 bits per heavy atom. The van der Waals surface area contributed by atoms with Crippen molar-refractivity contribution in [3.8, 4) is 0 Å². The van der Waals surface area contributed by atoms with Gasteiger partial charge < -0.3 is 10.6 Å². The predicted molar refractivity (Wildman–Crippen MR) is 65.2 cm³/mol.